The number of rotatable bonds is 4. The van der Waals surface area contributed by atoms with Crippen LogP contribution in [-0.2, 0) is 11.2 Å². The minimum absolute atomic E-state index is 0.00981. The van der Waals surface area contributed by atoms with E-state index in [1.165, 1.54) is 10.4 Å². The summed E-state index contributed by atoms with van der Waals surface area (Å²) in [5, 5.41) is 5.66. The van der Waals surface area contributed by atoms with Crippen LogP contribution in [0.25, 0.3) is 0 Å². The minimum atomic E-state index is -4.50. The van der Waals surface area contributed by atoms with E-state index in [2.05, 4.69) is 6.07 Å². The fourth-order valence-electron chi connectivity index (χ4n) is 3.11. The molecule has 0 bridgehead atoms. The predicted molar refractivity (Wildman–Crippen MR) is 82.7 cm³/mol. The summed E-state index contributed by atoms with van der Waals surface area (Å²) in [6.07, 6.45) is -1.42. The van der Waals surface area contributed by atoms with Crippen molar-refractivity contribution in [3.63, 3.8) is 0 Å². The molecule has 5 nitrogen and oxygen atoms in total. The van der Waals surface area contributed by atoms with Gasteiger partial charge in [-0.1, -0.05) is 0 Å². The molecule has 2 aliphatic rings. The number of nitrogens with one attached hydrogen (secondary N) is 2. The van der Waals surface area contributed by atoms with Gasteiger partial charge >= 0.3 is 12.2 Å². The zero-order valence-corrected chi connectivity index (χ0v) is 13.7. The van der Waals surface area contributed by atoms with E-state index in [0.29, 0.717) is 12.5 Å². The van der Waals surface area contributed by atoms with Crippen LogP contribution in [0.3, 0.4) is 0 Å². The van der Waals surface area contributed by atoms with Crippen molar-refractivity contribution in [3.05, 3.63) is 21.9 Å². The molecule has 2 N–H and O–H groups in total. The molecule has 1 aliphatic carbocycles. The number of thiophene rings is 1. The summed E-state index contributed by atoms with van der Waals surface area (Å²) in [5.41, 5.74) is 1.25. The minimum Gasteiger partial charge on any atom is -0.329 e. The molecule has 0 radical (unpaired) electrons. The highest BCUT2D eigenvalue weighted by Gasteiger charge is 2.40. The third-order valence-corrected chi connectivity index (χ3v) is 5.23. The topological polar surface area (TPSA) is 61.4 Å². The number of nitrogens with zero attached hydrogens (tertiary/aromatic N) is 1. The van der Waals surface area contributed by atoms with Crippen molar-refractivity contribution >= 4 is 23.3 Å². The van der Waals surface area contributed by atoms with Crippen molar-refractivity contribution in [1.29, 1.82) is 0 Å². The van der Waals surface area contributed by atoms with Crippen molar-refractivity contribution in [3.8, 4) is 0 Å². The Morgan fingerprint density at radius 1 is 1.33 bits per heavy atom. The second kappa shape index (κ2) is 6.72. The molecule has 0 spiro atoms. The van der Waals surface area contributed by atoms with Crippen LogP contribution in [0.15, 0.2) is 11.4 Å². The smallest absolute Gasteiger partial charge is 0.329 e. The van der Waals surface area contributed by atoms with Gasteiger partial charge < -0.3 is 5.32 Å². The summed E-state index contributed by atoms with van der Waals surface area (Å²) in [4.78, 5) is 26.7. The van der Waals surface area contributed by atoms with E-state index in [-0.39, 0.29) is 12.6 Å². The Balaban J connectivity index is 1.55. The molecule has 132 valence electrons. The van der Waals surface area contributed by atoms with Gasteiger partial charge in [0, 0.05) is 17.5 Å². The molecule has 24 heavy (non-hydrogen) atoms. The highest BCUT2D eigenvalue weighted by molar-refractivity contribution is 7.10. The number of carbonyl (C=O) groups excluding carboxylic acids is 2. The Morgan fingerprint density at radius 2 is 2.08 bits per heavy atom. The highest BCUT2D eigenvalue weighted by atomic mass is 32.1. The van der Waals surface area contributed by atoms with E-state index in [0.717, 1.165) is 19.3 Å². The van der Waals surface area contributed by atoms with Crippen molar-refractivity contribution < 1.29 is 22.8 Å². The molecule has 1 fully saturated rings. The quantitative estimate of drug-likeness (QED) is 0.866. The maximum absolute atomic E-state index is 12.0. The van der Waals surface area contributed by atoms with E-state index in [4.69, 9.17) is 0 Å². The molecule has 2 heterocycles. The first kappa shape index (κ1) is 17.2. The van der Waals surface area contributed by atoms with Gasteiger partial charge in [0.15, 0.2) is 0 Å². The maximum atomic E-state index is 12.0. The second-order valence-electron chi connectivity index (χ2n) is 6.15. The van der Waals surface area contributed by atoms with Gasteiger partial charge in [-0.05, 0) is 42.2 Å². The third-order valence-electron chi connectivity index (χ3n) is 4.24. The van der Waals surface area contributed by atoms with Gasteiger partial charge in [-0.3, -0.25) is 15.0 Å². The number of fused-ring (bicyclic) bond motifs is 1. The maximum Gasteiger partial charge on any atom is 0.405 e. The third kappa shape index (κ3) is 4.27. The van der Waals surface area contributed by atoms with Crippen molar-refractivity contribution in [2.24, 2.45) is 5.92 Å². The molecular weight excluding hydrogens is 343 g/mol. The number of amides is 3. The van der Waals surface area contributed by atoms with Crippen LogP contribution in [0.4, 0.5) is 18.0 Å². The lowest BCUT2D eigenvalue weighted by atomic mass is 9.96. The molecule has 1 aromatic rings. The SMILES string of the molecule is O=C(CN1CCc2sccc2[C@H]1C1CC1)NC(=O)NCC(F)(F)F. The molecule has 0 saturated heterocycles. The number of imide groups is 1. The number of hydrogen-bond acceptors (Lipinski definition) is 4. The standard InChI is InChI=1S/C15H18F3N3O2S/c16-15(17,18)8-19-14(23)20-12(22)7-21-5-3-11-10(4-6-24-11)13(21)9-1-2-9/h4,6,9,13H,1-3,5,7-8H2,(H2,19,20,22,23)/t13-/m1/s1. The Labute approximate surface area is 141 Å². The molecule has 0 unspecified atom stereocenters. The van der Waals surface area contributed by atoms with Gasteiger partial charge in [-0.15, -0.1) is 11.3 Å². The lowest BCUT2D eigenvalue weighted by Gasteiger charge is -2.35. The van der Waals surface area contributed by atoms with Gasteiger partial charge in [0.1, 0.15) is 6.54 Å². The summed E-state index contributed by atoms with van der Waals surface area (Å²) in [7, 11) is 0. The molecule has 1 aliphatic heterocycles. The van der Waals surface area contributed by atoms with Crippen molar-refractivity contribution in [1.82, 2.24) is 15.5 Å². The molecule has 0 aromatic carbocycles. The van der Waals surface area contributed by atoms with Crippen molar-refractivity contribution in [2.45, 2.75) is 31.5 Å². The number of urea groups is 1. The molecular formula is C15H18F3N3O2S. The van der Waals surface area contributed by atoms with Crippen LogP contribution >= 0.6 is 11.3 Å². The number of carbonyl (C=O) groups is 2. The average molecular weight is 361 g/mol. The zero-order valence-electron chi connectivity index (χ0n) is 12.9. The Kier molecular flexibility index (Phi) is 4.82. The second-order valence-corrected chi connectivity index (χ2v) is 7.15. The number of halogens is 3. The van der Waals surface area contributed by atoms with Crippen LogP contribution in [-0.4, -0.2) is 42.6 Å². The van der Waals surface area contributed by atoms with Gasteiger partial charge in [-0.25, -0.2) is 4.79 Å². The fraction of sp³-hybridized carbons (Fsp3) is 0.600. The van der Waals surface area contributed by atoms with E-state index in [1.54, 1.807) is 16.7 Å². The molecule has 1 aromatic heterocycles. The predicted octanol–water partition coefficient (Wildman–Crippen LogP) is 2.45. The lowest BCUT2D eigenvalue weighted by molar-refractivity contribution is -0.125. The van der Waals surface area contributed by atoms with Crippen molar-refractivity contribution in [2.75, 3.05) is 19.6 Å². The first-order valence-corrected chi connectivity index (χ1v) is 8.66. The van der Waals surface area contributed by atoms with Crippen LogP contribution in [0.5, 0.6) is 0 Å². The molecule has 1 saturated carbocycles. The first-order chi connectivity index (χ1) is 11.3. The van der Waals surface area contributed by atoms with Crippen LogP contribution in [0.2, 0.25) is 0 Å². The largest absolute Gasteiger partial charge is 0.405 e. The van der Waals surface area contributed by atoms with E-state index < -0.39 is 24.7 Å². The fourth-order valence-corrected chi connectivity index (χ4v) is 4.03. The van der Waals surface area contributed by atoms with E-state index in [1.807, 2.05) is 15.6 Å². The number of hydrogen-bond donors (Lipinski definition) is 2. The molecule has 1 atom stereocenters. The summed E-state index contributed by atoms with van der Waals surface area (Å²) in [5.74, 6) is -0.0653. The van der Waals surface area contributed by atoms with Crippen LogP contribution in [0, 0.1) is 5.92 Å². The summed E-state index contributed by atoms with van der Waals surface area (Å²) >= 11 is 1.72. The van der Waals surface area contributed by atoms with Crippen LogP contribution < -0.4 is 10.6 Å². The monoisotopic (exact) mass is 361 g/mol. The summed E-state index contributed by atoms with van der Waals surface area (Å²) in [6.45, 7) is -0.735. The number of alkyl halides is 3. The van der Waals surface area contributed by atoms with Crippen LogP contribution in [0.1, 0.15) is 29.3 Å². The Hall–Kier alpha value is -1.61. The Bertz CT molecular complexity index is 628. The molecule has 3 amide bonds. The summed E-state index contributed by atoms with van der Waals surface area (Å²) < 4.78 is 36.1. The summed E-state index contributed by atoms with van der Waals surface area (Å²) in [6, 6.07) is 1.14. The molecule has 9 heteroatoms. The van der Waals surface area contributed by atoms with Gasteiger partial charge in [0.2, 0.25) is 5.91 Å². The Morgan fingerprint density at radius 3 is 2.75 bits per heavy atom. The highest BCUT2D eigenvalue weighted by Crippen LogP contribution is 2.48. The average Bonchev–Trinajstić information content (AvgIpc) is 3.20. The normalized spacial score (nSPS) is 21.2. The van der Waals surface area contributed by atoms with Gasteiger partial charge in [-0.2, -0.15) is 13.2 Å². The van der Waals surface area contributed by atoms with Gasteiger partial charge in [0.05, 0.1) is 6.54 Å². The molecule has 3 rings (SSSR count). The lowest BCUT2D eigenvalue weighted by Crippen LogP contribution is -2.48. The van der Waals surface area contributed by atoms with E-state index >= 15 is 0 Å². The van der Waals surface area contributed by atoms with E-state index in [9.17, 15) is 22.8 Å². The van der Waals surface area contributed by atoms with Gasteiger partial charge in [0.25, 0.3) is 0 Å². The zero-order chi connectivity index (χ0) is 17.3. The first-order valence-electron chi connectivity index (χ1n) is 7.78.